The van der Waals surface area contributed by atoms with Gasteiger partial charge in [-0.05, 0) is 55.3 Å². The van der Waals surface area contributed by atoms with Crippen molar-refractivity contribution >= 4 is 31.7 Å². The SMILES string of the molecule is O=C(O)c1cccc(NS(=O)(=O)c2ccc(S(=O)(=O)N3CCCC3)cc2)c1. The van der Waals surface area contributed by atoms with Gasteiger partial charge in [-0.3, -0.25) is 4.72 Å². The summed E-state index contributed by atoms with van der Waals surface area (Å²) in [4.78, 5) is 10.9. The van der Waals surface area contributed by atoms with Gasteiger partial charge in [-0.15, -0.1) is 0 Å². The molecule has 0 unspecified atom stereocenters. The molecule has 0 radical (unpaired) electrons. The van der Waals surface area contributed by atoms with E-state index in [9.17, 15) is 21.6 Å². The Morgan fingerprint density at radius 1 is 0.926 bits per heavy atom. The van der Waals surface area contributed by atoms with Crippen molar-refractivity contribution in [2.45, 2.75) is 22.6 Å². The Morgan fingerprint density at radius 2 is 1.52 bits per heavy atom. The molecule has 0 saturated carbocycles. The molecule has 2 aromatic carbocycles. The molecule has 10 heteroatoms. The minimum absolute atomic E-state index is 0.0382. The second-order valence-electron chi connectivity index (χ2n) is 6.07. The topological polar surface area (TPSA) is 121 Å². The van der Waals surface area contributed by atoms with Crippen molar-refractivity contribution in [3.8, 4) is 0 Å². The summed E-state index contributed by atoms with van der Waals surface area (Å²) in [6.45, 7) is 0.924. The molecule has 1 fully saturated rings. The highest BCUT2D eigenvalue weighted by Crippen LogP contribution is 2.23. The van der Waals surface area contributed by atoms with Crippen LogP contribution in [0.15, 0.2) is 58.3 Å². The molecule has 0 bridgehead atoms. The summed E-state index contributed by atoms with van der Waals surface area (Å²) in [6.07, 6.45) is 1.62. The lowest BCUT2D eigenvalue weighted by Gasteiger charge is -2.15. The second-order valence-corrected chi connectivity index (χ2v) is 9.69. The van der Waals surface area contributed by atoms with E-state index in [4.69, 9.17) is 5.11 Å². The third kappa shape index (κ3) is 4.12. The lowest BCUT2D eigenvalue weighted by Crippen LogP contribution is -2.27. The van der Waals surface area contributed by atoms with Gasteiger partial charge >= 0.3 is 5.97 Å². The first-order valence-corrected chi connectivity index (χ1v) is 11.1. The zero-order valence-electron chi connectivity index (χ0n) is 14.2. The zero-order chi connectivity index (χ0) is 19.7. The Bertz CT molecular complexity index is 1060. The van der Waals surface area contributed by atoms with Gasteiger partial charge in [0.15, 0.2) is 0 Å². The number of nitrogens with zero attached hydrogens (tertiary/aromatic N) is 1. The number of benzene rings is 2. The van der Waals surface area contributed by atoms with Gasteiger partial charge in [0.2, 0.25) is 10.0 Å². The fourth-order valence-corrected chi connectivity index (χ4v) is 5.36. The number of hydrogen-bond acceptors (Lipinski definition) is 5. The maximum absolute atomic E-state index is 12.5. The van der Waals surface area contributed by atoms with Crippen LogP contribution in [0.25, 0.3) is 0 Å². The number of rotatable bonds is 6. The highest BCUT2D eigenvalue weighted by Gasteiger charge is 2.27. The zero-order valence-corrected chi connectivity index (χ0v) is 15.8. The lowest BCUT2D eigenvalue weighted by atomic mass is 10.2. The first-order chi connectivity index (χ1) is 12.7. The molecule has 3 rings (SSSR count). The number of carbonyl (C=O) groups is 1. The quantitative estimate of drug-likeness (QED) is 0.751. The summed E-state index contributed by atoms with van der Waals surface area (Å²) in [5.41, 5.74) is 0.0471. The number of sulfonamides is 2. The molecule has 8 nitrogen and oxygen atoms in total. The first kappa shape index (κ1) is 19.3. The monoisotopic (exact) mass is 410 g/mol. The smallest absolute Gasteiger partial charge is 0.335 e. The molecule has 0 aromatic heterocycles. The van der Waals surface area contributed by atoms with Crippen LogP contribution >= 0.6 is 0 Å². The van der Waals surface area contributed by atoms with Crippen molar-refractivity contribution in [1.29, 1.82) is 0 Å². The highest BCUT2D eigenvalue weighted by atomic mass is 32.2. The van der Waals surface area contributed by atoms with E-state index in [0.29, 0.717) is 13.1 Å². The Balaban J connectivity index is 1.83. The predicted molar refractivity (Wildman–Crippen MR) is 98.6 cm³/mol. The van der Waals surface area contributed by atoms with Crippen molar-refractivity contribution in [1.82, 2.24) is 4.31 Å². The van der Waals surface area contributed by atoms with Crippen LogP contribution in [0.2, 0.25) is 0 Å². The average Bonchev–Trinajstić information content (AvgIpc) is 3.17. The molecular weight excluding hydrogens is 392 g/mol. The molecule has 1 aliphatic rings. The summed E-state index contributed by atoms with van der Waals surface area (Å²) in [6, 6.07) is 10.3. The third-order valence-corrected chi connectivity index (χ3v) is 7.51. The Morgan fingerprint density at radius 3 is 2.11 bits per heavy atom. The molecule has 0 atom stereocenters. The lowest BCUT2D eigenvalue weighted by molar-refractivity contribution is 0.0697. The van der Waals surface area contributed by atoms with E-state index in [1.54, 1.807) is 0 Å². The standard InChI is InChI=1S/C17H18N2O6S2/c20-17(21)13-4-3-5-14(12-13)18-26(22,23)15-6-8-16(9-7-15)27(24,25)19-10-1-2-11-19/h3-9,12,18H,1-2,10-11H2,(H,20,21). The first-order valence-electron chi connectivity index (χ1n) is 8.16. The fraction of sp³-hybridized carbons (Fsp3) is 0.235. The van der Waals surface area contributed by atoms with Crippen molar-refractivity contribution in [3.63, 3.8) is 0 Å². The van der Waals surface area contributed by atoms with Crippen LogP contribution in [-0.2, 0) is 20.0 Å². The van der Waals surface area contributed by atoms with Gasteiger partial charge < -0.3 is 5.11 Å². The number of anilines is 1. The Kier molecular flexibility index (Phi) is 5.22. The minimum Gasteiger partial charge on any atom is -0.478 e. The van der Waals surface area contributed by atoms with Crippen LogP contribution < -0.4 is 4.72 Å². The summed E-state index contributed by atoms with van der Waals surface area (Å²) in [5.74, 6) is -1.17. The van der Waals surface area contributed by atoms with Crippen molar-refractivity contribution in [2.24, 2.45) is 0 Å². The molecule has 2 N–H and O–H groups in total. The average molecular weight is 410 g/mol. The third-order valence-electron chi connectivity index (χ3n) is 4.20. The second kappa shape index (κ2) is 7.29. The van der Waals surface area contributed by atoms with Gasteiger partial charge in [0.25, 0.3) is 10.0 Å². The van der Waals surface area contributed by atoms with Gasteiger partial charge in [0.05, 0.1) is 15.4 Å². The molecule has 0 spiro atoms. The normalized spacial score (nSPS) is 15.6. The van der Waals surface area contributed by atoms with E-state index in [1.807, 2.05) is 0 Å². The van der Waals surface area contributed by atoms with Crippen molar-refractivity contribution in [3.05, 3.63) is 54.1 Å². The summed E-state index contributed by atoms with van der Waals surface area (Å²) in [7, 11) is -7.61. The van der Waals surface area contributed by atoms with E-state index in [2.05, 4.69) is 4.72 Å². The van der Waals surface area contributed by atoms with Crippen LogP contribution in [0.1, 0.15) is 23.2 Å². The van der Waals surface area contributed by atoms with Crippen molar-refractivity contribution < 1.29 is 26.7 Å². The van der Waals surface area contributed by atoms with Crippen molar-refractivity contribution in [2.75, 3.05) is 17.8 Å². The molecule has 1 heterocycles. The maximum Gasteiger partial charge on any atom is 0.335 e. The number of carboxylic acid groups (broad SMARTS) is 1. The molecule has 2 aromatic rings. The largest absolute Gasteiger partial charge is 0.478 e. The number of aromatic carboxylic acids is 1. The van der Waals surface area contributed by atoms with E-state index >= 15 is 0 Å². The molecule has 0 aliphatic carbocycles. The van der Waals surface area contributed by atoms with E-state index < -0.39 is 26.0 Å². The van der Waals surface area contributed by atoms with Crippen LogP contribution in [0.5, 0.6) is 0 Å². The molecule has 27 heavy (non-hydrogen) atoms. The fourth-order valence-electron chi connectivity index (χ4n) is 2.80. The number of carboxylic acids is 1. The van der Waals surface area contributed by atoms with Crippen LogP contribution in [0.4, 0.5) is 5.69 Å². The van der Waals surface area contributed by atoms with Gasteiger partial charge in [-0.2, -0.15) is 4.31 Å². The Hall–Kier alpha value is -2.43. The molecule has 144 valence electrons. The van der Waals surface area contributed by atoms with Crippen LogP contribution in [0, 0.1) is 0 Å². The van der Waals surface area contributed by atoms with Crippen LogP contribution in [-0.4, -0.2) is 45.3 Å². The van der Waals surface area contributed by atoms with Gasteiger partial charge in [-0.1, -0.05) is 6.07 Å². The van der Waals surface area contributed by atoms with Gasteiger partial charge in [0.1, 0.15) is 0 Å². The highest BCUT2D eigenvalue weighted by molar-refractivity contribution is 7.92. The maximum atomic E-state index is 12.5. The summed E-state index contributed by atoms with van der Waals surface area (Å²) in [5, 5.41) is 8.98. The summed E-state index contributed by atoms with van der Waals surface area (Å²) >= 11 is 0. The molecular formula is C17H18N2O6S2. The summed E-state index contributed by atoms with van der Waals surface area (Å²) < 4.78 is 53.6. The molecule has 0 amide bonds. The van der Waals surface area contributed by atoms with Gasteiger partial charge in [0, 0.05) is 18.8 Å². The number of nitrogens with one attached hydrogen (secondary N) is 1. The van der Waals surface area contributed by atoms with E-state index in [1.165, 1.54) is 52.8 Å². The molecule has 1 aliphatic heterocycles. The number of hydrogen-bond donors (Lipinski definition) is 2. The van der Waals surface area contributed by atoms with E-state index in [-0.39, 0.29) is 21.0 Å². The predicted octanol–water partition coefficient (Wildman–Crippen LogP) is 1.97. The Labute approximate surface area is 157 Å². The van der Waals surface area contributed by atoms with Gasteiger partial charge in [-0.25, -0.2) is 21.6 Å². The van der Waals surface area contributed by atoms with E-state index in [0.717, 1.165) is 12.8 Å². The molecule has 1 saturated heterocycles. The minimum atomic E-state index is -3.99. The van der Waals surface area contributed by atoms with Crippen LogP contribution in [0.3, 0.4) is 0 Å².